The molecule has 2 aromatic heterocycles. The van der Waals surface area contributed by atoms with Crippen LogP contribution in [0.4, 0.5) is 0 Å². The van der Waals surface area contributed by atoms with Crippen molar-refractivity contribution in [2.75, 3.05) is 17.8 Å². The molecule has 5 nitrogen and oxygen atoms in total. The number of thiazole rings is 1. The van der Waals surface area contributed by atoms with E-state index in [4.69, 9.17) is 5.73 Å². The van der Waals surface area contributed by atoms with Crippen LogP contribution >= 0.6 is 23.1 Å². The van der Waals surface area contributed by atoms with Crippen molar-refractivity contribution < 1.29 is 8.42 Å². The zero-order valence-corrected chi connectivity index (χ0v) is 13.3. The van der Waals surface area contributed by atoms with Gasteiger partial charge in [0.05, 0.1) is 11.4 Å². The Hall–Kier alpha value is -0.570. The molecule has 2 aromatic rings. The number of hydrogen-bond acceptors (Lipinski definition) is 6. The second kappa shape index (κ2) is 5.82. The summed E-state index contributed by atoms with van der Waals surface area (Å²) in [5.41, 5.74) is 6.94. The molecule has 106 valence electrons. The third-order valence-electron chi connectivity index (χ3n) is 2.53. The minimum absolute atomic E-state index is 0.0501. The minimum atomic E-state index is -2.92. The fourth-order valence-corrected chi connectivity index (χ4v) is 4.74. The number of imidazole rings is 1. The van der Waals surface area contributed by atoms with E-state index in [1.54, 1.807) is 11.3 Å². The van der Waals surface area contributed by atoms with E-state index >= 15 is 0 Å². The summed E-state index contributed by atoms with van der Waals surface area (Å²) in [5, 5.41) is 2.88. The Morgan fingerprint density at radius 2 is 2.32 bits per heavy atom. The summed E-state index contributed by atoms with van der Waals surface area (Å²) >= 11 is 3.05. The van der Waals surface area contributed by atoms with Gasteiger partial charge in [0.2, 0.25) is 0 Å². The van der Waals surface area contributed by atoms with Crippen molar-refractivity contribution in [3.63, 3.8) is 0 Å². The second-order valence-electron chi connectivity index (χ2n) is 4.58. The molecule has 2 N–H and O–H groups in total. The molecular weight excluding hydrogens is 302 g/mol. The topological polar surface area (TPSA) is 77.5 Å². The van der Waals surface area contributed by atoms with E-state index in [1.807, 2.05) is 22.9 Å². The van der Waals surface area contributed by atoms with E-state index < -0.39 is 9.84 Å². The normalized spacial score (nSPS) is 14.1. The van der Waals surface area contributed by atoms with E-state index in [0.717, 1.165) is 22.1 Å². The van der Waals surface area contributed by atoms with Gasteiger partial charge in [-0.1, -0.05) is 0 Å². The summed E-state index contributed by atoms with van der Waals surface area (Å²) in [5.74, 6) is 0.691. The monoisotopic (exact) mass is 319 g/mol. The molecule has 19 heavy (non-hydrogen) atoms. The number of fused-ring (bicyclic) bond motifs is 1. The van der Waals surface area contributed by atoms with Crippen molar-refractivity contribution in [2.24, 2.45) is 5.73 Å². The van der Waals surface area contributed by atoms with Crippen LogP contribution in [0.2, 0.25) is 0 Å². The van der Waals surface area contributed by atoms with Gasteiger partial charge >= 0.3 is 0 Å². The van der Waals surface area contributed by atoms with E-state index in [2.05, 4.69) is 4.98 Å². The van der Waals surface area contributed by atoms with Crippen molar-refractivity contribution in [2.45, 2.75) is 24.4 Å². The van der Waals surface area contributed by atoms with Gasteiger partial charge in [0.25, 0.3) is 0 Å². The lowest BCUT2D eigenvalue weighted by molar-refractivity contribution is 0.603. The molecule has 8 heteroatoms. The smallest absolute Gasteiger partial charge is 0.194 e. The van der Waals surface area contributed by atoms with Gasteiger partial charge in [0.1, 0.15) is 14.9 Å². The molecule has 0 aliphatic carbocycles. The Morgan fingerprint density at radius 3 is 2.95 bits per heavy atom. The lowest BCUT2D eigenvalue weighted by atomic mass is 10.2. The van der Waals surface area contributed by atoms with Crippen LogP contribution in [0.5, 0.6) is 0 Å². The van der Waals surface area contributed by atoms with Crippen LogP contribution in [-0.2, 0) is 16.3 Å². The number of thioether (sulfide) groups is 1. The lowest BCUT2D eigenvalue weighted by Crippen LogP contribution is -2.19. The highest BCUT2D eigenvalue weighted by Crippen LogP contribution is 2.26. The van der Waals surface area contributed by atoms with Crippen LogP contribution in [0.1, 0.15) is 12.6 Å². The molecule has 0 saturated carbocycles. The quantitative estimate of drug-likeness (QED) is 0.815. The first-order valence-corrected chi connectivity index (χ1v) is 9.80. The number of hydrogen-bond donors (Lipinski definition) is 1. The summed E-state index contributed by atoms with van der Waals surface area (Å²) in [6, 6.07) is 0.0501. The molecule has 1 atom stereocenters. The predicted molar refractivity (Wildman–Crippen MR) is 80.9 cm³/mol. The molecule has 0 aromatic carbocycles. The number of aromatic nitrogens is 2. The number of rotatable bonds is 6. The summed E-state index contributed by atoms with van der Waals surface area (Å²) in [6.07, 6.45) is 3.96. The molecule has 2 rings (SSSR count). The van der Waals surface area contributed by atoms with Gasteiger partial charge in [-0.3, -0.25) is 4.40 Å². The van der Waals surface area contributed by atoms with Crippen molar-refractivity contribution in [1.82, 2.24) is 9.38 Å². The lowest BCUT2D eigenvalue weighted by Gasteiger charge is -2.06. The fraction of sp³-hybridized carbons (Fsp3) is 0.545. The third kappa shape index (κ3) is 3.95. The number of sulfone groups is 1. The van der Waals surface area contributed by atoms with E-state index in [1.165, 1.54) is 18.0 Å². The largest absolute Gasteiger partial charge is 0.328 e. The second-order valence-corrected chi connectivity index (χ2v) is 8.80. The van der Waals surface area contributed by atoms with Gasteiger partial charge in [-0.2, -0.15) is 0 Å². The Labute approximate surface area is 121 Å². The Balaban J connectivity index is 2.19. The first-order valence-electron chi connectivity index (χ1n) is 5.87. The maximum Gasteiger partial charge on any atom is 0.194 e. The molecule has 0 spiro atoms. The fourth-order valence-electron chi connectivity index (χ4n) is 1.71. The van der Waals surface area contributed by atoms with Gasteiger partial charge in [-0.15, -0.1) is 23.1 Å². The predicted octanol–water partition coefficient (Wildman–Crippen LogP) is 1.42. The van der Waals surface area contributed by atoms with E-state index in [9.17, 15) is 8.42 Å². The zero-order valence-electron chi connectivity index (χ0n) is 10.9. The summed E-state index contributed by atoms with van der Waals surface area (Å²) < 4.78 is 24.3. The van der Waals surface area contributed by atoms with Crippen LogP contribution in [0.25, 0.3) is 4.96 Å². The first-order chi connectivity index (χ1) is 8.87. The number of nitrogens with two attached hydrogens (primary N) is 1. The first kappa shape index (κ1) is 14.8. The number of nitrogens with zero attached hydrogens (tertiary/aromatic N) is 2. The molecule has 0 fully saturated rings. The summed E-state index contributed by atoms with van der Waals surface area (Å²) in [4.78, 5) is 5.47. The van der Waals surface area contributed by atoms with Gasteiger partial charge < -0.3 is 5.73 Å². The van der Waals surface area contributed by atoms with Crippen LogP contribution in [0, 0.1) is 0 Å². The highest BCUT2D eigenvalue weighted by molar-refractivity contribution is 8.00. The van der Waals surface area contributed by atoms with Crippen molar-refractivity contribution in [1.29, 1.82) is 0 Å². The van der Waals surface area contributed by atoms with Crippen LogP contribution in [0.15, 0.2) is 16.6 Å². The molecule has 0 aliphatic heterocycles. The SMILES string of the molecule is CC(N)Cc1c(SCCS(C)(=O)=O)nc2sccn12. The summed E-state index contributed by atoms with van der Waals surface area (Å²) in [6.45, 7) is 1.96. The van der Waals surface area contributed by atoms with Crippen LogP contribution in [0.3, 0.4) is 0 Å². The van der Waals surface area contributed by atoms with Gasteiger partial charge in [0, 0.05) is 36.0 Å². The van der Waals surface area contributed by atoms with Crippen molar-refractivity contribution in [3.8, 4) is 0 Å². The summed E-state index contributed by atoms with van der Waals surface area (Å²) in [7, 11) is -2.92. The Morgan fingerprint density at radius 1 is 1.58 bits per heavy atom. The van der Waals surface area contributed by atoms with Crippen molar-refractivity contribution >= 4 is 37.9 Å². The average Bonchev–Trinajstić information content (AvgIpc) is 2.80. The van der Waals surface area contributed by atoms with Crippen LogP contribution in [-0.4, -0.2) is 41.6 Å². The highest BCUT2D eigenvalue weighted by Gasteiger charge is 2.15. The molecule has 0 aliphatic rings. The van der Waals surface area contributed by atoms with Gasteiger partial charge in [-0.25, -0.2) is 13.4 Å². The Bertz CT molecular complexity index is 658. The zero-order chi connectivity index (χ0) is 14.0. The highest BCUT2D eigenvalue weighted by atomic mass is 32.2. The van der Waals surface area contributed by atoms with Gasteiger partial charge in [0.15, 0.2) is 4.96 Å². The minimum Gasteiger partial charge on any atom is -0.328 e. The van der Waals surface area contributed by atoms with Crippen LogP contribution < -0.4 is 5.73 Å². The van der Waals surface area contributed by atoms with Gasteiger partial charge in [-0.05, 0) is 6.92 Å². The molecule has 0 amide bonds. The molecular formula is C11H17N3O2S3. The molecule has 1 unspecified atom stereocenters. The van der Waals surface area contributed by atoms with E-state index in [-0.39, 0.29) is 11.8 Å². The average molecular weight is 319 g/mol. The maximum absolute atomic E-state index is 11.1. The standard InChI is InChI=1S/C11H17N3O2S3/c1-8(12)7-9-10(17-5-6-19(2,15)16)13-11-14(9)3-4-18-11/h3-4,8H,5-7,12H2,1-2H3. The molecule has 0 bridgehead atoms. The van der Waals surface area contributed by atoms with E-state index in [0.29, 0.717) is 5.75 Å². The molecule has 2 heterocycles. The third-order valence-corrected chi connectivity index (χ3v) is 5.50. The molecule has 0 radical (unpaired) electrons. The maximum atomic E-state index is 11.1. The van der Waals surface area contributed by atoms with Crippen molar-refractivity contribution in [3.05, 3.63) is 17.3 Å². The Kier molecular flexibility index (Phi) is 4.54. The molecule has 0 saturated heterocycles.